The first-order valence-electron chi connectivity index (χ1n) is 25.0. The molecule has 2 rings (SSSR count). The molecule has 0 bridgehead atoms. The van der Waals surface area contributed by atoms with E-state index < -0.39 is 0 Å². The molecular weight excluding hydrogens is 869 g/mol. The molecule has 0 aliphatic heterocycles. The van der Waals surface area contributed by atoms with Crippen molar-refractivity contribution in [1.82, 2.24) is 36.8 Å². The number of nitrogens with zero attached hydrogens (tertiary/aromatic N) is 1. The first-order valence-corrected chi connectivity index (χ1v) is 25.0. The van der Waals surface area contributed by atoms with Crippen molar-refractivity contribution in [3.63, 3.8) is 0 Å². The lowest BCUT2D eigenvalue weighted by Gasteiger charge is -2.11. The average molecular weight is 976 g/mol. The number of rotatable bonds is 25. The molecule has 2 aromatic carbocycles. The zero-order valence-corrected chi connectivity index (χ0v) is 46.5. The zero-order valence-electron chi connectivity index (χ0n) is 46.5. The summed E-state index contributed by atoms with van der Waals surface area (Å²) in [5.41, 5.74) is 5.94. The number of nitrogens with one attached hydrogen (secondary N) is 6. The number of aldehydes is 1. The van der Waals surface area contributed by atoms with Gasteiger partial charge in [0.15, 0.2) is 0 Å². The third kappa shape index (κ3) is 80.4. The molecule has 0 aliphatic carbocycles. The highest BCUT2D eigenvalue weighted by atomic mass is 16.2. The fourth-order valence-corrected chi connectivity index (χ4v) is 4.39. The molecule has 0 saturated heterocycles. The maximum absolute atomic E-state index is 10.9. The van der Waals surface area contributed by atoms with Crippen LogP contribution < -0.4 is 37.6 Å². The van der Waals surface area contributed by atoms with Gasteiger partial charge < -0.3 is 52.1 Å². The Morgan fingerprint density at radius 2 is 1.10 bits per heavy atom. The highest BCUT2D eigenvalue weighted by molar-refractivity contribution is 5.81. The fraction of sp³-hybridized carbons (Fsp3) is 0.600. The minimum Gasteiger partial charge on any atom is -0.368 e. The van der Waals surface area contributed by atoms with Crippen LogP contribution in [0.25, 0.3) is 0 Å². The van der Waals surface area contributed by atoms with Crippen molar-refractivity contribution in [1.29, 1.82) is 0 Å². The molecule has 402 valence electrons. The number of likely N-dealkylation sites (N-methyl/N-ethyl adjacent to an activating group) is 2. The third-order valence-corrected chi connectivity index (χ3v) is 8.13. The summed E-state index contributed by atoms with van der Waals surface area (Å²) in [7, 11) is 6.96. The molecule has 0 spiro atoms. The van der Waals surface area contributed by atoms with E-state index in [2.05, 4.69) is 59.3 Å². The van der Waals surface area contributed by atoms with E-state index in [4.69, 9.17) is 10.5 Å². The quantitative estimate of drug-likeness (QED) is 0.0286. The Labute approximate surface area is 423 Å². The van der Waals surface area contributed by atoms with Gasteiger partial charge in [0.1, 0.15) is 13.1 Å². The molecule has 14 heteroatoms. The van der Waals surface area contributed by atoms with Gasteiger partial charge in [-0.05, 0) is 79.7 Å². The van der Waals surface area contributed by atoms with E-state index in [0.29, 0.717) is 12.7 Å². The van der Waals surface area contributed by atoms with E-state index >= 15 is 0 Å². The van der Waals surface area contributed by atoms with Gasteiger partial charge in [-0.3, -0.25) is 19.2 Å². The predicted octanol–water partition coefficient (Wildman–Crippen LogP) is 8.99. The van der Waals surface area contributed by atoms with Crippen LogP contribution in [0.2, 0.25) is 0 Å². The molecule has 0 radical (unpaired) electrons. The van der Waals surface area contributed by atoms with E-state index in [0.717, 1.165) is 31.5 Å². The van der Waals surface area contributed by atoms with Crippen LogP contribution in [0.1, 0.15) is 152 Å². The van der Waals surface area contributed by atoms with Gasteiger partial charge in [0.05, 0.1) is 24.7 Å². The van der Waals surface area contributed by atoms with E-state index in [1.807, 2.05) is 127 Å². The fourth-order valence-electron chi connectivity index (χ4n) is 4.39. The largest absolute Gasteiger partial charge is 0.368 e. The highest BCUT2D eigenvalue weighted by Crippen LogP contribution is 2.12. The number of nitrogens with two attached hydrogens (primary N) is 1. The summed E-state index contributed by atoms with van der Waals surface area (Å²) in [6.07, 6.45) is 19.1. The van der Waals surface area contributed by atoms with Gasteiger partial charge in [-0.15, -0.1) is 6.58 Å². The summed E-state index contributed by atoms with van der Waals surface area (Å²) < 4.78 is 0. The summed E-state index contributed by atoms with van der Waals surface area (Å²) >= 11 is 0. The lowest BCUT2D eigenvalue weighted by atomic mass is 10.1. The second-order valence-electron chi connectivity index (χ2n) is 14.4. The molecular formula is C55H106N8O6. The Bertz CT molecular complexity index is 1280. The van der Waals surface area contributed by atoms with Gasteiger partial charge in [0.2, 0.25) is 24.1 Å². The standard InChI is InChI=1S/C12H28N2.C11H13NO.C8H17NO.C6H12N2O2.C6H6.C4H10N2O.C3H6.2C2H6.CH2O/c1-3-5-7-9-13-11-12-14-10-8-6-4-2;1-2-6-11(12-9-13)10-7-4-3-5-8-10;1-4-5-6-7-8(10)9(2)3;1-5(4-9)8-6(10)3-7-2;1-2-4-6-5-3-1;1-3(6-2)4(5)7;1-3-2;3*1-2/h13-14H,3-12H2,1-2H3;2-9,11H,1H3,(H,12,13);4-7H2,1-3H3;4-5,7H,3H2,1-2H3,(H,8,10);1-6H;3,6H,1-2H3,(H2,5,7);3H,1H2,2H3;2*1-2H3;1H2/b;6-2+;;;;;;;;. The Kier molecular flexibility index (Phi) is 90.6. The van der Waals surface area contributed by atoms with Gasteiger partial charge >= 0.3 is 0 Å². The summed E-state index contributed by atoms with van der Waals surface area (Å²) in [5.74, 6) is -0.238. The second-order valence-corrected chi connectivity index (χ2v) is 14.4. The topological polar surface area (TPSA) is 204 Å². The summed E-state index contributed by atoms with van der Waals surface area (Å²) in [6, 6.07) is 21.2. The van der Waals surface area contributed by atoms with Gasteiger partial charge in [-0.1, -0.05) is 172 Å². The molecule has 0 saturated carbocycles. The van der Waals surface area contributed by atoms with Crippen LogP contribution in [-0.2, 0) is 28.8 Å². The molecule has 69 heavy (non-hydrogen) atoms. The average Bonchev–Trinajstić information content (AvgIpc) is 3.38. The van der Waals surface area contributed by atoms with Gasteiger partial charge in [-0.25, -0.2) is 0 Å². The lowest BCUT2D eigenvalue weighted by Crippen LogP contribution is -2.38. The smallest absolute Gasteiger partial charge is 0.234 e. The molecule has 3 unspecified atom stereocenters. The SMILES string of the molecule is C/C=C/C(NC=O)c1ccccc1.C=CC.C=O.CC.CC.CCCCCC(=O)N(C)C.CCCCCNCCNCCCCC.CNC(C)C(N)=O.CNCC(=O)NC(C)C=O.c1ccccc1. The number of carbonyl (C=O) groups is 6. The molecule has 0 heterocycles. The maximum atomic E-state index is 10.9. The first-order chi connectivity index (χ1) is 33.3. The van der Waals surface area contributed by atoms with Crippen LogP contribution >= 0.6 is 0 Å². The van der Waals surface area contributed by atoms with E-state index in [1.165, 1.54) is 64.5 Å². The van der Waals surface area contributed by atoms with Crippen LogP contribution in [0.4, 0.5) is 0 Å². The van der Waals surface area contributed by atoms with Gasteiger partial charge in [0.25, 0.3) is 0 Å². The summed E-state index contributed by atoms with van der Waals surface area (Å²) in [5, 5.41) is 17.4. The number of unbranched alkanes of at least 4 members (excludes halogenated alkanes) is 6. The van der Waals surface area contributed by atoms with Gasteiger partial charge in [0, 0.05) is 33.6 Å². The van der Waals surface area contributed by atoms with Crippen molar-refractivity contribution in [3.05, 3.63) is 97.1 Å². The molecule has 8 N–H and O–H groups in total. The number of amides is 4. The van der Waals surface area contributed by atoms with E-state index in [1.54, 1.807) is 53.0 Å². The Morgan fingerprint density at radius 3 is 1.41 bits per heavy atom. The third-order valence-electron chi connectivity index (χ3n) is 8.13. The second kappa shape index (κ2) is 77.2. The van der Waals surface area contributed by atoms with E-state index in [9.17, 15) is 24.0 Å². The number of carbonyl (C=O) groups excluding carboxylic acids is 6. The van der Waals surface area contributed by atoms with E-state index in [-0.39, 0.29) is 42.4 Å². The molecule has 14 nitrogen and oxygen atoms in total. The van der Waals surface area contributed by atoms with Crippen LogP contribution in [0.3, 0.4) is 0 Å². The summed E-state index contributed by atoms with van der Waals surface area (Å²) in [4.78, 5) is 61.7. The number of primary amides is 1. The molecule has 0 aliphatic rings. The maximum Gasteiger partial charge on any atom is 0.234 e. The Hall–Kier alpha value is -5.02. The van der Waals surface area contributed by atoms with Crippen LogP contribution in [0, 0.1) is 0 Å². The molecule has 2 aromatic rings. The number of benzene rings is 2. The number of allylic oxidation sites excluding steroid dienone is 2. The zero-order chi connectivity index (χ0) is 54.8. The predicted molar refractivity (Wildman–Crippen MR) is 298 cm³/mol. The van der Waals surface area contributed by atoms with Crippen molar-refractivity contribution in [2.45, 2.75) is 158 Å². The van der Waals surface area contributed by atoms with Crippen molar-refractivity contribution in [2.75, 3.05) is 60.9 Å². The molecule has 3 atom stereocenters. The van der Waals surface area contributed by atoms with Crippen LogP contribution in [0.5, 0.6) is 0 Å². The Balaban J connectivity index is -0.000000106. The monoisotopic (exact) mass is 975 g/mol. The molecule has 0 aromatic heterocycles. The highest BCUT2D eigenvalue weighted by Gasteiger charge is 2.05. The normalized spacial score (nSPS) is 10.2. The Morgan fingerprint density at radius 1 is 0.696 bits per heavy atom. The lowest BCUT2D eigenvalue weighted by molar-refractivity contribution is -0.128. The number of hydrogen-bond acceptors (Lipinski definition) is 10. The van der Waals surface area contributed by atoms with Gasteiger partial charge in [-0.2, -0.15) is 0 Å². The van der Waals surface area contributed by atoms with Crippen LogP contribution in [0.15, 0.2) is 91.5 Å². The van der Waals surface area contributed by atoms with Crippen molar-refractivity contribution in [3.8, 4) is 0 Å². The minimum absolute atomic E-state index is 0.0105. The number of hydrogen-bond donors (Lipinski definition) is 7. The van der Waals surface area contributed by atoms with Crippen molar-refractivity contribution < 1.29 is 28.8 Å². The molecule has 4 amide bonds. The van der Waals surface area contributed by atoms with Crippen molar-refractivity contribution >= 4 is 37.2 Å². The molecule has 0 fully saturated rings. The van der Waals surface area contributed by atoms with Crippen LogP contribution in [-0.4, -0.2) is 115 Å². The summed E-state index contributed by atoms with van der Waals surface area (Å²) in [6.45, 7) is 32.0. The first kappa shape index (κ1) is 81.0. The minimum atomic E-state index is -0.388. The van der Waals surface area contributed by atoms with Crippen molar-refractivity contribution in [2.24, 2.45) is 5.73 Å².